The molecular weight excluding hydrogens is 360 g/mol. The Morgan fingerprint density at radius 3 is 3.00 bits per heavy atom. The number of halogens is 2. The normalized spacial score (nSPS) is 19.2. The standard InChI is InChI=1S/C14H19BrN2O3.ClH/c1-10(20-12-5-3-2-4-11(12)15)8-17-14(18)13-9-16-6-7-19-13;/h2-5,10,13,16H,6-9H2,1H3,(H,17,18);1H. The largest absolute Gasteiger partial charge is 0.488 e. The van der Waals surface area contributed by atoms with Gasteiger partial charge in [-0.15, -0.1) is 12.4 Å². The fourth-order valence-corrected chi connectivity index (χ4v) is 2.27. The van der Waals surface area contributed by atoms with E-state index in [2.05, 4.69) is 26.6 Å². The Bertz CT molecular complexity index is 456. The highest BCUT2D eigenvalue weighted by Gasteiger charge is 2.21. The van der Waals surface area contributed by atoms with Crippen LogP contribution in [0.25, 0.3) is 0 Å². The van der Waals surface area contributed by atoms with Gasteiger partial charge < -0.3 is 20.1 Å². The van der Waals surface area contributed by atoms with Gasteiger partial charge in [-0.3, -0.25) is 4.79 Å². The number of ether oxygens (including phenoxy) is 2. The zero-order chi connectivity index (χ0) is 14.4. The molecule has 1 aromatic carbocycles. The average Bonchev–Trinajstić information content (AvgIpc) is 2.48. The highest BCUT2D eigenvalue weighted by molar-refractivity contribution is 9.10. The molecule has 1 aromatic rings. The summed E-state index contributed by atoms with van der Waals surface area (Å²) < 4.78 is 12.1. The molecule has 1 heterocycles. The summed E-state index contributed by atoms with van der Waals surface area (Å²) >= 11 is 3.43. The zero-order valence-electron chi connectivity index (χ0n) is 11.8. The minimum Gasteiger partial charge on any atom is -0.488 e. The Morgan fingerprint density at radius 2 is 2.33 bits per heavy atom. The third-order valence-corrected chi connectivity index (χ3v) is 3.60. The summed E-state index contributed by atoms with van der Waals surface area (Å²) in [5.41, 5.74) is 0. The van der Waals surface area contributed by atoms with Crippen LogP contribution in [-0.4, -0.2) is 44.4 Å². The third-order valence-electron chi connectivity index (χ3n) is 2.95. The van der Waals surface area contributed by atoms with Crippen LogP contribution in [0.5, 0.6) is 5.75 Å². The Hall–Kier alpha value is -0.820. The maximum atomic E-state index is 11.9. The van der Waals surface area contributed by atoms with Crippen LogP contribution >= 0.6 is 28.3 Å². The monoisotopic (exact) mass is 378 g/mol. The van der Waals surface area contributed by atoms with Gasteiger partial charge in [0, 0.05) is 13.1 Å². The van der Waals surface area contributed by atoms with E-state index in [1.54, 1.807) is 0 Å². The van der Waals surface area contributed by atoms with Crippen LogP contribution in [0.3, 0.4) is 0 Å². The predicted molar refractivity (Wildman–Crippen MR) is 87.1 cm³/mol. The van der Waals surface area contributed by atoms with Crippen LogP contribution in [0.15, 0.2) is 28.7 Å². The van der Waals surface area contributed by atoms with E-state index in [4.69, 9.17) is 9.47 Å². The van der Waals surface area contributed by atoms with Crippen LogP contribution in [0.1, 0.15) is 6.92 Å². The maximum absolute atomic E-state index is 11.9. The molecule has 2 unspecified atom stereocenters. The summed E-state index contributed by atoms with van der Waals surface area (Å²) in [6, 6.07) is 7.64. The molecule has 1 amide bonds. The van der Waals surface area contributed by atoms with Crippen molar-refractivity contribution in [1.29, 1.82) is 0 Å². The van der Waals surface area contributed by atoms with E-state index < -0.39 is 6.10 Å². The number of carbonyl (C=O) groups is 1. The molecule has 0 spiro atoms. The molecule has 0 aromatic heterocycles. The van der Waals surface area contributed by atoms with Crippen molar-refractivity contribution in [2.45, 2.75) is 19.1 Å². The molecule has 2 atom stereocenters. The number of hydrogen-bond donors (Lipinski definition) is 2. The van der Waals surface area contributed by atoms with Crippen LogP contribution in [-0.2, 0) is 9.53 Å². The highest BCUT2D eigenvalue weighted by Crippen LogP contribution is 2.24. The van der Waals surface area contributed by atoms with Crippen molar-refractivity contribution < 1.29 is 14.3 Å². The Labute approximate surface area is 139 Å². The Kier molecular flexibility index (Phi) is 8.03. The number of rotatable bonds is 5. The van der Waals surface area contributed by atoms with Crippen molar-refractivity contribution in [1.82, 2.24) is 10.6 Å². The number of benzene rings is 1. The summed E-state index contributed by atoms with van der Waals surface area (Å²) in [4.78, 5) is 11.9. The molecule has 21 heavy (non-hydrogen) atoms. The number of para-hydroxylation sites is 1. The molecule has 2 rings (SSSR count). The molecule has 1 aliphatic rings. The lowest BCUT2D eigenvalue weighted by atomic mass is 10.2. The number of carbonyl (C=O) groups excluding carboxylic acids is 1. The van der Waals surface area contributed by atoms with Crippen LogP contribution in [0.2, 0.25) is 0 Å². The van der Waals surface area contributed by atoms with E-state index in [9.17, 15) is 4.79 Å². The predicted octanol–water partition coefficient (Wildman–Crippen LogP) is 1.74. The number of morpholine rings is 1. The first-order valence-electron chi connectivity index (χ1n) is 6.68. The van der Waals surface area contributed by atoms with Gasteiger partial charge >= 0.3 is 0 Å². The van der Waals surface area contributed by atoms with Crippen LogP contribution < -0.4 is 15.4 Å². The first-order chi connectivity index (χ1) is 9.66. The number of nitrogens with one attached hydrogen (secondary N) is 2. The fraction of sp³-hybridized carbons (Fsp3) is 0.500. The molecule has 0 bridgehead atoms. The van der Waals surface area contributed by atoms with Gasteiger partial charge in [0.1, 0.15) is 18.0 Å². The molecule has 1 aliphatic heterocycles. The Balaban J connectivity index is 0.00000220. The van der Waals surface area contributed by atoms with E-state index >= 15 is 0 Å². The SMILES string of the molecule is CC(CNC(=O)C1CNCCO1)Oc1ccccc1Br.Cl. The summed E-state index contributed by atoms with van der Waals surface area (Å²) in [6.45, 7) is 4.29. The van der Waals surface area contributed by atoms with Crippen molar-refractivity contribution in [2.24, 2.45) is 0 Å². The molecule has 1 saturated heterocycles. The van der Waals surface area contributed by atoms with Gasteiger partial charge in [0.05, 0.1) is 17.6 Å². The lowest BCUT2D eigenvalue weighted by Gasteiger charge is -2.23. The van der Waals surface area contributed by atoms with Gasteiger partial charge in [0.15, 0.2) is 0 Å². The van der Waals surface area contributed by atoms with E-state index in [-0.39, 0.29) is 24.4 Å². The van der Waals surface area contributed by atoms with Crippen molar-refractivity contribution in [3.05, 3.63) is 28.7 Å². The summed E-state index contributed by atoms with van der Waals surface area (Å²) in [5, 5.41) is 5.98. The molecule has 7 heteroatoms. The summed E-state index contributed by atoms with van der Waals surface area (Å²) in [7, 11) is 0. The summed E-state index contributed by atoms with van der Waals surface area (Å²) in [5.74, 6) is 0.671. The Morgan fingerprint density at radius 1 is 1.57 bits per heavy atom. The first-order valence-corrected chi connectivity index (χ1v) is 7.47. The lowest BCUT2D eigenvalue weighted by molar-refractivity contribution is -0.134. The van der Waals surface area contributed by atoms with Gasteiger partial charge in [0.25, 0.3) is 5.91 Å². The molecule has 2 N–H and O–H groups in total. The smallest absolute Gasteiger partial charge is 0.250 e. The van der Waals surface area contributed by atoms with Gasteiger partial charge in [-0.05, 0) is 35.0 Å². The van der Waals surface area contributed by atoms with Crippen LogP contribution in [0, 0.1) is 0 Å². The fourth-order valence-electron chi connectivity index (χ4n) is 1.89. The van der Waals surface area contributed by atoms with Crippen molar-refractivity contribution in [3.63, 3.8) is 0 Å². The molecule has 0 radical (unpaired) electrons. The summed E-state index contributed by atoms with van der Waals surface area (Å²) in [6.07, 6.45) is -0.520. The van der Waals surface area contributed by atoms with E-state index in [0.717, 1.165) is 16.8 Å². The van der Waals surface area contributed by atoms with Gasteiger partial charge in [-0.1, -0.05) is 12.1 Å². The lowest BCUT2D eigenvalue weighted by Crippen LogP contribution is -2.49. The molecular formula is C14H20BrClN2O3. The van der Waals surface area contributed by atoms with E-state index in [1.807, 2.05) is 31.2 Å². The topological polar surface area (TPSA) is 59.6 Å². The minimum atomic E-state index is -0.403. The quantitative estimate of drug-likeness (QED) is 0.818. The molecule has 1 fully saturated rings. The van der Waals surface area contributed by atoms with Crippen molar-refractivity contribution in [3.8, 4) is 5.75 Å². The van der Waals surface area contributed by atoms with Gasteiger partial charge in [0.2, 0.25) is 0 Å². The maximum Gasteiger partial charge on any atom is 0.250 e. The zero-order valence-corrected chi connectivity index (χ0v) is 14.2. The molecule has 118 valence electrons. The second-order valence-corrected chi connectivity index (χ2v) is 5.52. The molecule has 5 nitrogen and oxygen atoms in total. The first kappa shape index (κ1) is 18.2. The average molecular weight is 380 g/mol. The van der Waals surface area contributed by atoms with Crippen molar-refractivity contribution in [2.75, 3.05) is 26.2 Å². The van der Waals surface area contributed by atoms with E-state index in [0.29, 0.717) is 19.7 Å². The third kappa shape index (κ3) is 5.82. The van der Waals surface area contributed by atoms with Crippen molar-refractivity contribution >= 4 is 34.2 Å². The van der Waals surface area contributed by atoms with Gasteiger partial charge in [-0.25, -0.2) is 0 Å². The second kappa shape index (κ2) is 9.25. The van der Waals surface area contributed by atoms with Gasteiger partial charge in [-0.2, -0.15) is 0 Å². The van der Waals surface area contributed by atoms with Crippen LogP contribution in [0.4, 0.5) is 0 Å². The molecule has 0 saturated carbocycles. The number of hydrogen-bond acceptors (Lipinski definition) is 4. The molecule has 0 aliphatic carbocycles. The number of amides is 1. The van der Waals surface area contributed by atoms with E-state index in [1.165, 1.54) is 0 Å². The minimum absolute atomic E-state index is 0. The second-order valence-electron chi connectivity index (χ2n) is 4.67. The highest BCUT2D eigenvalue weighted by atomic mass is 79.9.